The summed E-state index contributed by atoms with van der Waals surface area (Å²) < 4.78 is 13.4. The molecule has 0 saturated carbocycles. The zero-order chi connectivity index (χ0) is 13.8. The predicted molar refractivity (Wildman–Crippen MR) is 78.2 cm³/mol. The summed E-state index contributed by atoms with van der Waals surface area (Å²) in [6.07, 6.45) is 4.37. The second-order valence-electron chi connectivity index (χ2n) is 5.12. The Balaban J connectivity index is 2.27. The molecule has 1 atom stereocenters. The van der Waals surface area contributed by atoms with Crippen LogP contribution in [0, 0.1) is 12.7 Å². The molecule has 1 heterocycles. The Morgan fingerprint density at radius 1 is 1.42 bits per heavy atom. The third kappa shape index (κ3) is 3.35. The second-order valence-corrected chi connectivity index (χ2v) is 5.76. The number of hydrogen-bond acceptors (Lipinski definition) is 1. The predicted octanol–water partition coefficient (Wildman–Crippen LogP) is 3.91. The maximum Gasteiger partial charge on any atom is 0.254 e. The van der Waals surface area contributed by atoms with Gasteiger partial charge in [-0.2, -0.15) is 0 Å². The first kappa shape index (κ1) is 14.5. The molecule has 0 bridgehead atoms. The van der Waals surface area contributed by atoms with E-state index in [0.717, 1.165) is 43.1 Å². The van der Waals surface area contributed by atoms with E-state index in [-0.39, 0.29) is 17.8 Å². The van der Waals surface area contributed by atoms with Gasteiger partial charge in [-0.15, -0.1) is 0 Å². The molecule has 2 rings (SSSR count). The van der Waals surface area contributed by atoms with Crippen LogP contribution in [0.25, 0.3) is 0 Å². The zero-order valence-corrected chi connectivity index (χ0v) is 12.7. The molecule has 0 spiro atoms. The van der Waals surface area contributed by atoms with E-state index in [1.165, 1.54) is 12.1 Å². The molecule has 4 heteroatoms. The molecule has 104 valence electrons. The molecule has 1 fully saturated rings. The number of halogens is 2. The standard InChI is InChI=1S/C15H19BrFNO/c1-11-6-7-12(17)9-14(11)15(19)18-8-4-2-3-5-13(18)10-16/h6-7,9,13H,2-5,8,10H2,1H3. The molecule has 1 saturated heterocycles. The van der Waals surface area contributed by atoms with Crippen molar-refractivity contribution in [2.45, 2.75) is 38.6 Å². The van der Waals surface area contributed by atoms with Crippen molar-refractivity contribution >= 4 is 21.8 Å². The van der Waals surface area contributed by atoms with Crippen molar-refractivity contribution in [2.75, 3.05) is 11.9 Å². The molecule has 1 aromatic carbocycles. The lowest BCUT2D eigenvalue weighted by atomic mass is 10.1. The summed E-state index contributed by atoms with van der Waals surface area (Å²) in [5.41, 5.74) is 1.33. The molecule has 0 aliphatic carbocycles. The molecule has 19 heavy (non-hydrogen) atoms. The first-order valence-corrected chi connectivity index (χ1v) is 7.88. The van der Waals surface area contributed by atoms with Gasteiger partial charge in [0.2, 0.25) is 0 Å². The largest absolute Gasteiger partial charge is 0.335 e. The van der Waals surface area contributed by atoms with Gasteiger partial charge in [-0.25, -0.2) is 4.39 Å². The highest BCUT2D eigenvalue weighted by Gasteiger charge is 2.26. The van der Waals surface area contributed by atoms with E-state index in [0.29, 0.717) is 5.56 Å². The zero-order valence-electron chi connectivity index (χ0n) is 11.2. The van der Waals surface area contributed by atoms with Crippen LogP contribution in [0.2, 0.25) is 0 Å². The molecule has 2 nitrogen and oxygen atoms in total. The Kier molecular flexibility index (Phi) is 4.97. The lowest BCUT2D eigenvalue weighted by Gasteiger charge is -2.29. The molecule has 1 aliphatic heterocycles. The Bertz CT molecular complexity index is 463. The van der Waals surface area contributed by atoms with Crippen LogP contribution in [0.3, 0.4) is 0 Å². The van der Waals surface area contributed by atoms with Crippen molar-refractivity contribution < 1.29 is 9.18 Å². The number of hydrogen-bond donors (Lipinski definition) is 0. The maximum atomic E-state index is 13.4. The summed E-state index contributed by atoms with van der Waals surface area (Å²) in [7, 11) is 0. The fourth-order valence-electron chi connectivity index (χ4n) is 2.58. The number of carbonyl (C=O) groups excluding carboxylic acids is 1. The summed E-state index contributed by atoms with van der Waals surface area (Å²) in [4.78, 5) is 14.5. The van der Waals surface area contributed by atoms with Crippen molar-refractivity contribution in [3.05, 3.63) is 35.1 Å². The fraction of sp³-hybridized carbons (Fsp3) is 0.533. The third-order valence-electron chi connectivity index (χ3n) is 3.75. The van der Waals surface area contributed by atoms with Gasteiger partial charge < -0.3 is 4.90 Å². The van der Waals surface area contributed by atoms with Crippen LogP contribution >= 0.6 is 15.9 Å². The Morgan fingerprint density at radius 2 is 2.21 bits per heavy atom. The van der Waals surface area contributed by atoms with E-state index in [2.05, 4.69) is 15.9 Å². The minimum absolute atomic E-state index is 0.0386. The Hall–Kier alpha value is -0.900. The molecule has 1 unspecified atom stereocenters. The first-order chi connectivity index (χ1) is 9.13. The minimum atomic E-state index is -0.348. The van der Waals surface area contributed by atoms with Crippen molar-refractivity contribution in [1.82, 2.24) is 4.90 Å². The van der Waals surface area contributed by atoms with Crippen molar-refractivity contribution in [1.29, 1.82) is 0 Å². The number of amides is 1. The number of nitrogens with zero attached hydrogens (tertiary/aromatic N) is 1. The van der Waals surface area contributed by atoms with Gasteiger partial charge in [0.25, 0.3) is 5.91 Å². The number of benzene rings is 1. The van der Waals surface area contributed by atoms with E-state index in [9.17, 15) is 9.18 Å². The topological polar surface area (TPSA) is 20.3 Å². The van der Waals surface area contributed by atoms with Crippen LogP contribution in [0.1, 0.15) is 41.6 Å². The van der Waals surface area contributed by atoms with Crippen molar-refractivity contribution in [3.63, 3.8) is 0 Å². The number of carbonyl (C=O) groups is 1. The Morgan fingerprint density at radius 3 is 2.95 bits per heavy atom. The maximum absolute atomic E-state index is 13.4. The molecule has 1 aromatic rings. The van der Waals surface area contributed by atoms with Gasteiger partial charge in [0.15, 0.2) is 0 Å². The lowest BCUT2D eigenvalue weighted by molar-refractivity contribution is 0.0701. The van der Waals surface area contributed by atoms with Gasteiger partial charge in [-0.05, 0) is 37.5 Å². The van der Waals surface area contributed by atoms with Gasteiger partial charge in [-0.3, -0.25) is 4.79 Å². The monoisotopic (exact) mass is 327 g/mol. The third-order valence-corrected chi connectivity index (χ3v) is 4.49. The van der Waals surface area contributed by atoms with E-state index < -0.39 is 0 Å². The van der Waals surface area contributed by atoms with Crippen molar-refractivity contribution in [3.8, 4) is 0 Å². The van der Waals surface area contributed by atoms with E-state index >= 15 is 0 Å². The van der Waals surface area contributed by atoms with E-state index in [1.807, 2.05) is 11.8 Å². The summed E-state index contributed by atoms with van der Waals surface area (Å²) in [6.45, 7) is 2.62. The summed E-state index contributed by atoms with van der Waals surface area (Å²) >= 11 is 3.49. The van der Waals surface area contributed by atoms with Crippen LogP contribution in [0.4, 0.5) is 4.39 Å². The summed E-state index contributed by atoms with van der Waals surface area (Å²) in [5.74, 6) is -0.387. The molecular weight excluding hydrogens is 309 g/mol. The number of aryl methyl sites for hydroxylation is 1. The van der Waals surface area contributed by atoms with Crippen LogP contribution < -0.4 is 0 Å². The molecule has 0 radical (unpaired) electrons. The first-order valence-electron chi connectivity index (χ1n) is 6.76. The van der Waals surface area contributed by atoms with Gasteiger partial charge in [0.1, 0.15) is 5.82 Å². The van der Waals surface area contributed by atoms with Crippen LogP contribution in [-0.2, 0) is 0 Å². The highest BCUT2D eigenvalue weighted by Crippen LogP contribution is 2.22. The number of alkyl halides is 1. The van der Waals surface area contributed by atoms with Crippen LogP contribution in [0.5, 0.6) is 0 Å². The minimum Gasteiger partial charge on any atom is -0.335 e. The highest BCUT2D eigenvalue weighted by atomic mass is 79.9. The molecule has 0 aromatic heterocycles. The normalized spacial score (nSPS) is 20.2. The van der Waals surface area contributed by atoms with Crippen LogP contribution in [-0.4, -0.2) is 28.7 Å². The average molecular weight is 328 g/mol. The smallest absolute Gasteiger partial charge is 0.254 e. The quantitative estimate of drug-likeness (QED) is 0.754. The lowest BCUT2D eigenvalue weighted by Crippen LogP contribution is -2.41. The van der Waals surface area contributed by atoms with Crippen molar-refractivity contribution in [2.24, 2.45) is 0 Å². The second kappa shape index (κ2) is 6.51. The fourth-order valence-corrected chi connectivity index (χ4v) is 3.26. The van der Waals surface area contributed by atoms with E-state index in [1.54, 1.807) is 6.07 Å². The summed E-state index contributed by atoms with van der Waals surface area (Å²) in [6, 6.07) is 4.64. The van der Waals surface area contributed by atoms with Gasteiger partial charge in [0, 0.05) is 23.5 Å². The summed E-state index contributed by atoms with van der Waals surface area (Å²) in [5, 5.41) is 0.785. The number of rotatable bonds is 2. The molecular formula is C15H19BrFNO. The molecule has 1 amide bonds. The van der Waals surface area contributed by atoms with Gasteiger partial charge in [0.05, 0.1) is 0 Å². The average Bonchev–Trinajstić information content (AvgIpc) is 2.65. The highest BCUT2D eigenvalue weighted by molar-refractivity contribution is 9.09. The Labute approximate surface area is 122 Å². The molecule has 0 N–H and O–H groups in total. The van der Waals surface area contributed by atoms with E-state index in [4.69, 9.17) is 0 Å². The molecule has 1 aliphatic rings. The van der Waals surface area contributed by atoms with Gasteiger partial charge >= 0.3 is 0 Å². The van der Waals surface area contributed by atoms with Crippen LogP contribution in [0.15, 0.2) is 18.2 Å². The van der Waals surface area contributed by atoms with Gasteiger partial charge in [-0.1, -0.05) is 34.8 Å². The number of likely N-dealkylation sites (tertiary alicyclic amines) is 1. The SMILES string of the molecule is Cc1ccc(F)cc1C(=O)N1CCCCCC1CBr.